The minimum Gasteiger partial charge on any atom is -0.383 e. The lowest BCUT2D eigenvalue weighted by atomic mass is 10.4. The third-order valence-corrected chi connectivity index (χ3v) is 1.95. The van der Waals surface area contributed by atoms with E-state index in [0.29, 0.717) is 30.7 Å². The Kier molecular flexibility index (Phi) is 3.16. The van der Waals surface area contributed by atoms with Gasteiger partial charge in [-0.15, -0.1) is 0 Å². The van der Waals surface area contributed by atoms with Gasteiger partial charge in [-0.2, -0.15) is 10.1 Å². The molecule has 16 heavy (non-hydrogen) atoms. The molecule has 7 heteroatoms. The van der Waals surface area contributed by atoms with E-state index in [2.05, 4.69) is 20.6 Å². The molecule has 0 saturated heterocycles. The molecule has 1 N–H and O–H groups in total. The lowest BCUT2D eigenvalue weighted by molar-refractivity contribution is 0.210. The van der Waals surface area contributed by atoms with E-state index in [1.165, 1.54) is 0 Å². The predicted octanol–water partition coefficient (Wildman–Crippen LogP) is 0.528. The summed E-state index contributed by atoms with van der Waals surface area (Å²) < 4.78 is 11.6. The van der Waals surface area contributed by atoms with Crippen molar-refractivity contribution in [2.45, 2.75) is 0 Å². The fourth-order valence-electron chi connectivity index (χ4n) is 1.19. The molecule has 0 radical (unpaired) electrons. The smallest absolute Gasteiger partial charge is 0.321 e. The second-order valence-corrected chi connectivity index (χ2v) is 3.22. The number of hydrogen-bond donors (Lipinski definition) is 1. The van der Waals surface area contributed by atoms with E-state index >= 15 is 0 Å². The Bertz CT molecular complexity index is 450. The largest absolute Gasteiger partial charge is 0.383 e. The predicted molar refractivity (Wildman–Crippen MR) is 56.9 cm³/mol. The van der Waals surface area contributed by atoms with Crippen molar-refractivity contribution in [3.8, 4) is 11.5 Å². The van der Waals surface area contributed by atoms with Crippen LogP contribution in [0.3, 0.4) is 0 Å². The zero-order valence-corrected chi connectivity index (χ0v) is 9.17. The minimum atomic E-state index is 0.373. The van der Waals surface area contributed by atoms with Crippen LogP contribution in [0.4, 0.5) is 6.01 Å². The maximum atomic E-state index is 5.00. The number of rotatable bonds is 5. The quantitative estimate of drug-likeness (QED) is 0.745. The highest BCUT2D eigenvalue weighted by Crippen LogP contribution is 2.14. The van der Waals surface area contributed by atoms with E-state index in [0.717, 1.165) is 0 Å². The molecule has 0 aromatic carbocycles. The second kappa shape index (κ2) is 4.75. The molecule has 0 aliphatic rings. The molecule has 7 nitrogen and oxygen atoms in total. The van der Waals surface area contributed by atoms with Crippen molar-refractivity contribution in [1.29, 1.82) is 0 Å². The van der Waals surface area contributed by atoms with Crippen LogP contribution in [-0.2, 0) is 11.8 Å². The van der Waals surface area contributed by atoms with Crippen LogP contribution in [-0.4, -0.2) is 40.2 Å². The molecule has 0 aliphatic heterocycles. The number of hydrogen-bond acceptors (Lipinski definition) is 6. The van der Waals surface area contributed by atoms with Crippen LogP contribution < -0.4 is 5.32 Å². The Morgan fingerprint density at radius 2 is 2.44 bits per heavy atom. The maximum absolute atomic E-state index is 5.00. The van der Waals surface area contributed by atoms with Crippen LogP contribution in [0.1, 0.15) is 0 Å². The number of ether oxygens (including phenoxy) is 1. The van der Waals surface area contributed by atoms with Gasteiger partial charge in [-0.25, -0.2) is 0 Å². The van der Waals surface area contributed by atoms with Crippen molar-refractivity contribution >= 4 is 6.01 Å². The Morgan fingerprint density at radius 3 is 3.12 bits per heavy atom. The summed E-state index contributed by atoms with van der Waals surface area (Å²) >= 11 is 0. The van der Waals surface area contributed by atoms with Gasteiger partial charge in [0.25, 0.3) is 0 Å². The van der Waals surface area contributed by atoms with Crippen molar-refractivity contribution in [2.24, 2.45) is 7.05 Å². The van der Waals surface area contributed by atoms with Crippen LogP contribution in [0.2, 0.25) is 0 Å². The Morgan fingerprint density at radius 1 is 1.56 bits per heavy atom. The number of methoxy groups -OCH3 is 1. The SMILES string of the molecule is COCCNc1nc(-c2ccn(C)n2)no1. The van der Waals surface area contributed by atoms with Gasteiger partial charge < -0.3 is 14.6 Å². The summed E-state index contributed by atoms with van der Waals surface area (Å²) in [5.41, 5.74) is 0.686. The third-order valence-electron chi connectivity index (χ3n) is 1.95. The average molecular weight is 223 g/mol. The topological polar surface area (TPSA) is 78.0 Å². The van der Waals surface area contributed by atoms with Gasteiger partial charge in [0.15, 0.2) is 0 Å². The van der Waals surface area contributed by atoms with Gasteiger partial charge in [0.05, 0.1) is 6.61 Å². The molecule has 0 unspecified atom stereocenters. The fraction of sp³-hybridized carbons (Fsp3) is 0.444. The summed E-state index contributed by atoms with van der Waals surface area (Å²) in [6.07, 6.45) is 1.82. The molecule has 0 aliphatic carbocycles. The molecular formula is C9H13N5O2. The molecule has 0 bridgehead atoms. The molecule has 2 aromatic rings. The van der Waals surface area contributed by atoms with Crippen LogP contribution in [0, 0.1) is 0 Å². The van der Waals surface area contributed by atoms with E-state index in [-0.39, 0.29) is 0 Å². The molecule has 2 aromatic heterocycles. The highest BCUT2D eigenvalue weighted by atomic mass is 16.5. The number of anilines is 1. The highest BCUT2D eigenvalue weighted by Gasteiger charge is 2.09. The van der Waals surface area contributed by atoms with Crippen molar-refractivity contribution in [2.75, 3.05) is 25.6 Å². The molecule has 0 saturated carbocycles. The first kappa shape index (κ1) is 10.6. The fourth-order valence-corrected chi connectivity index (χ4v) is 1.19. The van der Waals surface area contributed by atoms with E-state index in [1.807, 2.05) is 19.3 Å². The first-order chi connectivity index (χ1) is 7.79. The van der Waals surface area contributed by atoms with E-state index in [4.69, 9.17) is 9.26 Å². The highest BCUT2D eigenvalue weighted by molar-refractivity contribution is 5.48. The van der Waals surface area contributed by atoms with Crippen molar-refractivity contribution in [3.63, 3.8) is 0 Å². The lowest BCUT2D eigenvalue weighted by Crippen LogP contribution is -2.07. The number of aryl methyl sites for hydroxylation is 1. The summed E-state index contributed by atoms with van der Waals surface area (Å²) in [6, 6.07) is 2.20. The number of nitrogens with one attached hydrogen (secondary N) is 1. The summed E-state index contributed by atoms with van der Waals surface area (Å²) in [5.74, 6) is 0.473. The zero-order chi connectivity index (χ0) is 11.4. The maximum Gasteiger partial charge on any atom is 0.321 e. The summed E-state index contributed by atoms with van der Waals surface area (Å²) in [6.45, 7) is 1.21. The molecule has 86 valence electrons. The molecule has 0 spiro atoms. The van der Waals surface area contributed by atoms with E-state index < -0.39 is 0 Å². The lowest BCUT2D eigenvalue weighted by Gasteiger charge is -1.97. The van der Waals surface area contributed by atoms with Crippen LogP contribution in [0.25, 0.3) is 11.5 Å². The van der Waals surface area contributed by atoms with Gasteiger partial charge in [0.2, 0.25) is 5.82 Å². The monoisotopic (exact) mass is 223 g/mol. The molecule has 2 rings (SSSR count). The standard InChI is InChI=1S/C9H13N5O2/c1-14-5-3-7(12-14)8-11-9(16-13-8)10-4-6-15-2/h3,5H,4,6H2,1-2H3,(H,10,11,13). The van der Waals surface area contributed by atoms with E-state index in [1.54, 1.807) is 11.8 Å². The molecule has 0 atom stereocenters. The summed E-state index contributed by atoms with van der Waals surface area (Å²) in [4.78, 5) is 4.15. The Hall–Kier alpha value is -1.89. The molecule has 0 fully saturated rings. The first-order valence-corrected chi connectivity index (χ1v) is 4.86. The van der Waals surface area contributed by atoms with E-state index in [9.17, 15) is 0 Å². The van der Waals surface area contributed by atoms with Gasteiger partial charge in [-0.1, -0.05) is 5.16 Å². The van der Waals surface area contributed by atoms with Crippen molar-refractivity contribution in [1.82, 2.24) is 19.9 Å². The Balaban J connectivity index is 2.02. The average Bonchev–Trinajstić information content (AvgIpc) is 2.87. The molecule has 2 heterocycles. The van der Waals surface area contributed by atoms with Crippen LogP contribution in [0.15, 0.2) is 16.8 Å². The van der Waals surface area contributed by atoms with Crippen LogP contribution in [0.5, 0.6) is 0 Å². The zero-order valence-electron chi connectivity index (χ0n) is 9.17. The van der Waals surface area contributed by atoms with Crippen molar-refractivity contribution < 1.29 is 9.26 Å². The molecular weight excluding hydrogens is 210 g/mol. The van der Waals surface area contributed by atoms with Gasteiger partial charge in [-0.05, 0) is 6.07 Å². The first-order valence-electron chi connectivity index (χ1n) is 4.86. The Labute approximate surface area is 92.4 Å². The van der Waals surface area contributed by atoms with Gasteiger partial charge in [0, 0.05) is 26.9 Å². The second-order valence-electron chi connectivity index (χ2n) is 3.22. The minimum absolute atomic E-state index is 0.373. The number of aromatic nitrogens is 4. The molecule has 0 amide bonds. The summed E-state index contributed by atoms with van der Waals surface area (Å²) in [5, 5.41) is 10.9. The number of nitrogens with zero attached hydrogens (tertiary/aromatic N) is 4. The van der Waals surface area contributed by atoms with Crippen LogP contribution >= 0.6 is 0 Å². The van der Waals surface area contributed by atoms with Gasteiger partial charge in [-0.3, -0.25) is 4.68 Å². The van der Waals surface area contributed by atoms with Gasteiger partial charge in [0.1, 0.15) is 5.69 Å². The third kappa shape index (κ3) is 2.37. The van der Waals surface area contributed by atoms with Crippen molar-refractivity contribution in [3.05, 3.63) is 12.3 Å². The van der Waals surface area contributed by atoms with Gasteiger partial charge >= 0.3 is 6.01 Å². The normalized spacial score (nSPS) is 10.6. The summed E-state index contributed by atoms with van der Waals surface area (Å²) in [7, 11) is 3.47.